The van der Waals surface area contributed by atoms with E-state index in [2.05, 4.69) is 27.8 Å². The van der Waals surface area contributed by atoms with Gasteiger partial charge in [-0.3, -0.25) is 0 Å². The molecule has 0 radical (unpaired) electrons. The zero-order valence-corrected chi connectivity index (χ0v) is 9.54. The van der Waals surface area contributed by atoms with Gasteiger partial charge in [0, 0.05) is 16.1 Å². The predicted octanol–water partition coefficient (Wildman–Crippen LogP) is 3.48. The van der Waals surface area contributed by atoms with Crippen LogP contribution in [0.3, 0.4) is 0 Å². The lowest BCUT2D eigenvalue weighted by molar-refractivity contribution is 0.981. The Labute approximate surface area is 85.3 Å². The molecule has 0 N–H and O–H groups in total. The minimum atomic E-state index is 0.800. The molecule has 1 aromatic heterocycles. The number of rotatable bonds is 3. The van der Waals surface area contributed by atoms with E-state index in [1.165, 1.54) is 28.4 Å². The summed E-state index contributed by atoms with van der Waals surface area (Å²) in [5.74, 6) is 0.800. The molecule has 2 rings (SSSR count). The molecule has 0 aliphatic heterocycles. The largest absolute Gasteiger partial charge is 0.246 e. The zero-order valence-electron chi connectivity index (χ0n) is 7.14. The van der Waals surface area contributed by atoms with Crippen molar-refractivity contribution in [3.05, 3.63) is 15.6 Å². The summed E-state index contributed by atoms with van der Waals surface area (Å²) in [6, 6.07) is 0. The highest BCUT2D eigenvalue weighted by Crippen LogP contribution is 2.43. The SMILES string of the molecule is CCc1nc(C2CC2)c(CBr)s1. The lowest BCUT2D eigenvalue weighted by atomic mass is 10.3. The van der Waals surface area contributed by atoms with Gasteiger partial charge in [-0.1, -0.05) is 22.9 Å². The molecule has 1 aliphatic rings. The van der Waals surface area contributed by atoms with E-state index in [-0.39, 0.29) is 0 Å². The number of nitrogens with zero attached hydrogens (tertiary/aromatic N) is 1. The third-order valence-corrected chi connectivity index (χ3v) is 4.31. The second kappa shape index (κ2) is 3.46. The Balaban J connectivity index is 2.29. The van der Waals surface area contributed by atoms with Crippen LogP contribution in [-0.2, 0) is 11.8 Å². The smallest absolute Gasteiger partial charge is 0.0928 e. The van der Waals surface area contributed by atoms with Gasteiger partial charge in [-0.25, -0.2) is 4.98 Å². The molecule has 0 bridgehead atoms. The number of aromatic nitrogens is 1. The van der Waals surface area contributed by atoms with Gasteiger partial charge in [-0.2, -0.15) is 0 Å². The first-order valence-corrected chi connectivity index (χ1v) is 6.33. The summed E-state index contributed by atoms with van der Waals surface area (Å²) in [5, 5.41) is 2.28. The molecule has 1 nitrogen and oxygen atoms in total. The minimum absolute atomic E-state index is 0.800. The summed E-state index contributed by atoms with van der Waals surface area (Å²) in [5.41, 5.74) is 1.38. The van der Waals surface area contributed by atoms with Gasteiger partial charge < -0.3 is 0 Å². The standard InChI is InChI=1S/C9H12BrNS/c1-2-8-11-9(6-3-4-6)7(5-10)12-8/h6H,2-5H2,1H3. The molecule has 0 atom stereocenters. The molecule has 0 amide bonds. The maximum atomic E-state index is 4.65. The van der Waals surface area contributed by atoms with E-state index in [0.29, 0.717) is 0 Å². The highest BCUT2D eigenvalue weighted by atomic mass is 79.9. The molecular formula is C9H12BrNS. The molecule has 1 fully saturated rings. The van der Waals surface area contributed by atoms with Crippen LogP contribution in [-0.4, -0.2) is 4.98 Å². The molecule has 1 heterocycles. The quantitative estimate of drug-likeness (QED) is 0.744. The number of thiazole rings is 1. The Morgan fingerprint density at radius 1 is 1.58 bits per heavy atom. The maximum absolute atomic E-state index is 4.65. The van der Waals surface area contributed by atoms with Crippen LogP contribution in [0, 0.1) is 0 Å². The van der Waals surface area contributed by atoms with E-state index in [1.54, 1.807) is 0 Å². The van der Waals surface area contributed by atoms with Gasteiger partial charge in [0.15, 0.2) is 0 Å². The highest BCUT2D eigenvalue weighted by Gasteiger charge is 2.28. The summed E-state index contributed by atoms with van der Waals surface area (Å²) >= 11 is 5.39. The van der Waals surface area contributed by atoms with E-state index >= 15 is 0 Å². The van der Waals surface area contributed by atoms with Crippen LogP contribution in [0.2, 0.25) is 0 Å². The Bertz CT molecular complexity index is 278. The van der Waals surface area contributed by atoms with Crippen molar-refractivity contribution in [2.24, 2.45) is 0 Å². The number of alkyl halides is 1. The van der Waals surface area contributed by atoms with Crippen molar-refractivity contribution in [2.45, 2.75) is 37.4 Å². The third-order valence-electron chi connectivity index (χ3n) is 2.16. The van der Waals surface area contributed by atoms with Crippen molar-refractivity contribution in [3.8, 4) is 0 Å². The normalized spacial score (nSPS) is 16.8. The van der Waals surface area contributed by atoms with Crippen LogP contribution in [0.1, 0.15) is 41.3 Å². The van der Waals surface area contributed by atoms with Crippen molar-refractivity contribution in [1.29, 1.82) is 0 Å². The summed E-state index contributed by atoms with van der Waals surface area (Å²) in [7, 11) is 0. The number of aryl methyl sites for hydroxylation is 1. The van der Waals surface area contributed by atoms with Gasteiger partial charge in [0.2, 0.25) is 0 Å². The first-order valence-electron chi connectivity index (χ1n) is 4.39. The molecule has 0 spiro atoms. The second-order valence-electron chi connectivity index (χ2n) is 3.18. The molecule has 12 heavy (non-hydrogen) atoms. The van der Waals surface area contributed by atoms with Gasteiger partial charge in [0.25, 0.3) is 0 Å². The predicted molar refractivity (Wildman–Crippen MR) is 56.1 cm³/mol. The minimum Gasteiger partial charge on any atom is -0.246 e. The topological polar surface area (TPSA) is 12.9 Å². The summed E-state index contributed by atoms with van der Waals surface area (Å²) in [4.78, 5) is 6.10. The molecule has 1 aromatic rings. The first kappa shape index (κ1) is 8.70. The van der Waals surface area contributed by atoms with Gasteiger partial charge in [-0.15, -0.1) is 11.3 Å². The fraction of sp³-hybridized carbons (Fsp3) is 0.667. The van der Waals surface area contributed by atoms with Crippen LogP contribution in [0.15, 0.2) is 0 Å². The second-order valence-corrected chi connectivity index (χ2v) is 4.91. The molecule has 0 unspecified atom stereocenters. The summed E-state index contributed by atoms with van der Waals surface area (Å²) in [6.07, 6.45) is 3.79. The van der Waals surface area contributed by atoms with Gasteiger partial charge in [0.05, 0.1) is 10.7 Å². The first-order chi connectivity index (χ1) is 5.85. The third kappa shape index (κ3) is 1.57. The van der Waals surface area contributed by atoms with E-state index in [0.717, 1.165) is 17.7 Å². The van der Waals surface area contributed by atoms with Crippen LogP contribution in [0.25, 0.3) is 0 Å². The van der Waals surface area contributed by atoms with E-state index in [9.17, 15) is 0 Å². The Morgan fingerprint density at radius 2 is 2.33 bits per heavy atom. The fourth-order valence-electron chi connectivity index (χ4n) is 1.34. The fourth-order valence-corrected chi connectivity index (χ4v) is 2.91. The van der Waals surface area contributed by atoms with Gasteiger partial charge in [0.1, 0.15) is 0 Å². The van der Waals surface area contributed by atoms with Crippen molar-refractivity contribution in [2.75, 3.05) is 0 Å². The Hall–Kier alpha value is 0.110. The van der Waals surface area contributed by atoms with Crippen LogP contribution >= 0.6 is 27.3 Å². The van der Waals surface area contributed by atoms with E-state index in [1.807, 2.05) is 11.3 Å². The monoisotopic (exact) mass is 245 g/mol. The average Bonchev–Trinajstić information content (AvgIpc) is 2.85. The summed E-state index contributed by atoms with van der Waals surface area (Å²) < 4.78 is 0. The van der Waals surface area contributed by atoms with E-state index < -0.39 is 0 Å². The molecule has 66 valence electrons. The molecule has 1 aliphatic carbocycles. The molecule has 1 saturated carbocycles. The lowest BCUT2D eigenvalue weighted by Crippen LogP contribution is -1.85. The van der Waals surface area contributed by atoms with E-state index in [4.69, 9.17) is 0 Å². The van der Waals surface area contributed by atoms with Crippen molar-refractivity contribution >= 4 is 27.3 Å². The van der Waals surface area contributed by atoms with Crippen molar-refractivity contribution < 1.29 is 0 Å². The summed E-state index contributed by atoms with van der Waals surface area (Å²) in [6.45, 7) is 2.17. The molecule has 3 heteroatoms. The molecular weight excluding hydrogens is 234 g/mol. The van der Waals surface area contributed by atoms with Crippen molar-refractivity contribution in [3.63, 3.8) is 0 Å². The Morgan fingerprint density at radius 3 is 2.83 bits per heavy atom. The van der Waals surface area contributed by atoms with Crippen LogP contribution in [0.5, 0.6) is 0 Å². The van der Waals surface area contributed by atoms with Gasteiger partial charge in [-0.05, 0) is 19.3 Å². The number of halogens is 1. The maximum Gasteiger partial charge on any atom is 0.0928 e. The highest BCUT2D eigenvalue weighted by molar-refractivity contribution is 9.08. The van der Waals surface area contributed by atoms with Crippen LogP contribution < -0.4 is 0 Å². The van der Waals surface area contributed by atoms with Gasteiger partial charge >= 0.3 is 0 Å². The number of hydrogen-bond acceptors (Lipinski definition) is 2. The zero-order chi connectivity index (χ0) is 8.55. The van der Waals surface area contributed by atoms with Crippen molar-refractivity contribution in [1.82, 2.24) is 4.98 Å². The number of hydrogen-bond donors (Lipinski definition) is 0. The average molecular weight is 246 g/mol. The molecule has 0 saturated heterocycles. The molecule has 0 aromatic carbocycles. The Kier molecular flexibility index (Phi) is 2.51. The van der Waals surface area contributed by atoms with Crippen LogP contribution in [0.4, 0.5) is 0 Å². The lowest BCUT2D eigenvalue weighted by Gasteiger charge is -1.92.